The Balaban J connectivity index is 1.32. The third-order valence-corrected chi connectivity index (χ3v) is 5.12. The Labute approximate surface area is 167 Å². The highest BCUT2D eigenvalue weighted by molar-refractivity contribution is 5.80. The maximum atomic E-state index is 6.08. The smallest absolute Gasteiger partial charge is 0.227 e. The van der Waals surface area contributed by atoms with Crippen LogP contribution >= 0.6 is 0 Å². The SMILES string of the molecule is c1ccc2c(c1)Nc1ccc(-c3ccc(-c4nc5ccccc5o4)cc3)cc1O2. The zero-order chi connectivity index (χ0) is 19.2. The van der Waals surface area contributed by atoms with Gasteiger partial charge >= 0.3 is 0 Å². The van der Waals surface area contributed by atoms with Crippen LogP contribution in [0.3, 0.4) is 0 Å². The number of hydrogen-bond donors (Lipinski definition) is 1. The summed E-state index contributed by atoms with van der Waals surface area (Å²) in [5.41, 5.74) is 6.77. The molecule has 0 unspecified atom stereocenters. The Bertz CT molecular complexity index is 1320. The van der Waals surface area contributed by atoms with E-state index in [9.17, 15) is 0 Å². The van der Waals surface area contributed by atoms with Crippen LogP contribution in [-0.4, -0.2) is 4.98 Å². The molecule has 0 radical (unpaired) electrons. The first kappa shape index (κ1) is 16.0. The minimum absolute atomic E-state index is 0.632. The van der Waals surface area contributed by atoms with Gasteiger partial charge < -0.3 is 14.5 Å². The van der Waals surface area contributed by atoms with Crippen molar-refractivity contribution < 1.29 is 9.15 Å². The van der Waals surface area contributed by atoms with E-state index in [4.69, 9.17) is 9.15 Å². The Morgan fingerprint density at radius 1 is 0.621 bits per heavy atom. The number of anilines is 2. The number of para-hydroxylation sites is 4. The summed E-state index contributed by atoms with van der Waals surface area (Å²) in [5, 5.41) is 3.42. The molecule has 29 heavy (non-hydrogen) atoms. The first-order valence-corrected chi connectivity index (χ1v) is 9.48. The fourth-order valence-electron chi connectivity index (χ4n) is 3.61. The summed E-state index contributed by atoms with van der Waals surface area (Å²) < 4.78 is 11.9. The average Bonchev–Trinajstić information content (AvgIpc) is 3.22. The molecular weight excluding hydrogens is 360 g/mol. The Morgan fingerprint density at radius 2 is 1.34 bits per heavy atom. The lowest BCUT2D eigenvalue weighted by Crippen LogP contribution is -2.02. The second-order valence-electron chi connectivity index (χ2n) is 7.00. The van der Waals surface area contributed by atoms with Crippen LogP contribution in [0.4, 0.5) is 11.4 Å². The van der Waals surface area contributed by atoms with Crippen LogP contribution in [0.1, 0.15) is 0 Å². The van der Waals surface area contributed by atoms with Crippen molar-refractivity contribution in [1.29, 1.82) is 0 Å². The third kappa shape index (κ3) is 2.74. The molecule has 1 N–H and O–H groups in total. The van der Waals surface area contributed by atoms with Gasteiger partial charge in [0.1, 0.15) is 5.52 Å². The van der Waals surface area contributed by atoms with E-state index in [0.29, 0.717) is 5.89 Å². The van der Waals surface area contributed by atoms with Crippen molar-refractivity contribution in [3.05, 3.63) is 91.0 Å². The van der Waals surface area contributed by atoms with Crippen molar-refractivity contribution in [3.63, 3.8) is 0 Å². The molecular formula is C25H16N2O2. The highest BCUT2D eigenvalue weighted by Gasteiger charge is 2.16. The lowest BCUT2D eigenvalue weighted by Gasteiger charge is -2.22. The fourth-order valence-corrected chi connectivity index (χ4v) is 3.61. The van der Waals surface area contributed by atoms with Crippen molar-refractivity contribution in [2.45, 2.75) is 0 Å². The predicted molar refractivity (Wildman–Crippen MR) is 115 cm³/mol. The molecule has 6 rings (SSSR count). The molecule has 0 saturated heterocycles. The first-order chi connectivity index (χ1) is 14.3. The number of nitrogens with zero attached hydrogens (tertiary/aromatic N) is 1. The zero-order valence-corrected chi connectivity index (χ0v) is 15.4. The van der Waals surface area contributed by atoms with Gasteiger partial charge in [-0.3, -0.25) is 0 Å². The van der Waals surface area contributed by atoms with Gasteiger partial charge in [0, 0.05) is 5.56 Å². The van der Waals surface area contributed by atoms with Crippen LogP contribution in [0.2, 0.25) is 0 Å². The molecule has 0 bridgehead atoms. The van der Waals surface area contributed by atoms with E-state index in [0.717, 1.165) is 50.7 Å². The highest BCUT2D eigenvalue weighted by atomic mass is 16.5. The van der Waals surface area contributed by atoms with Gasteiger partial charge in [0.05, 0.1) is 11.4 Å². The minimum atomic E-state index is 0.632. The van der Waals surface area contributed by atoms with Crippen molar-refractivity contribution in [1.82, 2.24) is 4.98 Å². The van der Waals surface area contributed by atoms with Gasteiger partial charge in [0.25, 0.3) is 0 Å². The standard InChI is InChI=1S/C25H16N2O2/c1-3-7-22-19(5-1)26-21-14-13-18(15-24(21)28-22)16-9-11-17(12-10-16)25-27-20-6-2-4-8-23(20)29-25/h1-15,26H. The maximum Gasteiger partial charge on any atom is 0.227 e. The molecule has 4 aromatic carbocycles. The number of aromatic nitrogens is 1. The Morgan fingerprint density at radius 3 is 2.24 bits per heavy atom. The van der Waals surface area contributed by atoms with Gasteiger partial charge in [-0.05, 0) is 59.7 Å². The van der Waals surface area contributed by atoms with Crippen LogP contribution in [0.25, 0.3) is 33.7 Å². The molecule has 5 aromatic rings. The number of fused-ring (bicyclic) bond motifs is 3. The van der Waals surface area contributed by atoms with Crippen LogP contribution in [0, 0.1) is 0 Å². The van der Waals surface area contributed by atoms with Crippen LogP contribution in [-0.2, 0) is 0 Å². The second kappa shape index (κ2) is 6.24. The number of benzene rings is 4. The predicted octanol–water partition coefficient (Wildman–Crippen LogP) is 7.01. The van der Waals surface area contributed by atoms with Gasteiger partial charge in [0.15, 0.2) is 17.1 Å². The van der Waals surface area contributed by atoms with Gasteiger partial charge in [0.2, 0.25) is 5.89 Å². The van der Waals surface area contributed by atoms with Crippen molar-refractivity contribution in [2.75, 3.05) is 5.32 Å². The number of ether oxygens (including phenoxy) is 1. The monoisotopic (exact) mass is 376 g/mol. The van der Waals surface area contributed by atoms with E-state index in [2.05, 4.69) is 40.6 Å². The maximum absolute atomic E-state index is 6.08. The zero-order valence-electron chi connectivity index (χ0n) is 15.4. The van der Waals surface area contributed by atoms with Gasteiger partial charge in [-0.2, -0.15) is 0 Å². The molecule has 1 aliphatic rings. The molecule has 138 valence electrons. The van der Waals surface area contributed by atoms with Crippen molar-refractivity contribution in [2.24, 2.45) is 0 Å². The average molecular weight is 376 g/mol. The number of nitrogens with one attached hydrogen (secondary N) is 1. The number of hydrogen-bond acceptors (Lipinski definition) is 4. The van der Waals surface area contributed by atoms with E-state index >= 15 is 0 Å². The Kier molecular flexibility index (Phi) is 3.43. The fraction of sp³-hybridized carbons (Fsp3) is 0. The third-order valence-electron chi connectivity index (χ3n) is 5.12. The summed E-state index contributed by atoms with van der Waals surface area (Å²) in [5.74, 6) is 2.29. The van der Waals surface area contributed by atoms with E-state index in [1.54, 1.807) is 0 Å². The summed E-state index contributed by atoms with van der Waals surface area (Å²) in [6.45, 7) is 0. The molecule has 0 fully saturated rings. The van der Waals surface area contributed by atoms with Crippen LogP contribution in [0.15, 0.2) is 95.4 Å². The molecule has 1 aromatic heterocycles. The Hall–Kier alpha value is -4.05. The molecule has 2 heterocycles. The number of oxazole rings is 1. The molecule has 4 heteroatoms. The first-order valence-electron chi connectivity index (χ1n) is 9.48. The van der Waals surface area contributed by atoms with E-state index in [-0.39, 0.29) is 0 Å². The molecule has 0 atom stereocenters. The molecule has 1 aliphatic heterocycles. The van der Waals surface area contributed by atoms with Crippen LogP contribution in [0.5, 0.6) is 11.5 Å². The number of rotatable bonds is 2. The van der Waals surface area contributed by atoms with Gasteiger partial charge in [-0.25, -0.2) is 4.98 Å². The van der Waals surface area contributed by atoms with Crippen molar-refractivity contribution >= 4 is 22.5 Å². The van der Waals surface area contributed by atoms with Crippen LogP contribution < -0.4 is 10.1 Å². The summed E-state index contributed by atoms with van der Waals surface area (Å²) in [6.07, 6.45) is 0. The minimum Gasteiger partial charge on any atom is -0.453 e. The summed E-state index contributed by atoms with van der Waals surface area (Å²) in [7, 11) is 0. The van der Waals surface area contributed by atoms with Crippen molar-refractivity contribution in [3.8, 4) is 34.1 Å². The normalized spacial score (nSPS) is 12.0. The molecule has 4 nitrogen and oxygen atoms in total. The topological polar surface area (TPSA) is 47.3 Å². The molecule has 0 amide bonds. The molecule has 0 saturated carbocycles. The van der Waals surface area contributed by atoms with E-state index in [1.165, 1.54) is 0 Å². The summed E-state index contributed by atoms with van der Waals surface area (Å²) in [4.78, 5) is 4.57. The largest absolute Gasteiger partial charge is 0.453 e. The lowest BCUT2D eigenvalue weighted by atomic mass is 10.0. The highest BCUT2D eigenvalue weighted by Crippen LogP contribution is 2.43. The molecule has 0 aliphatic carbocycles. The van der Waals surface area contributed by atoms with E-state index in [1.807, 2.05) is 60.7 Å². The van der Waals surface area contributed by atoms with Gasteiger partial charge in [-0.15, -0.1) is 0 Å². The summed E-state index contributed by atoms with van der Waals surface area (Å²) >= 11 is 0. The van der Waals surface area contributed by atoms with E-state index < -0.39 is 0 Å². The quantitative estimate of drug-likeness (QED) is 0.353. The molecule has 0 spiro atoms. The summed E-state index contributed by atoms with van der Waals surface area (Å²) in [6, 6.07) is 30.2. The lowest BCUT2D eigenvalue weighted by molar-refractivity contribution is 0.481. The van der Waals surface area contributed by atoms with Gasteiger partial charge in [-0.1, -0.05) is 42.5 Å². The second-order valence-corrected chi connectivity index (χ2v) is 7.00.